The highest BCUT2D eigenvalue weighted by Gasteiger charge is 2.30. The summed E-state index contributed by atoms with van der Waals surface area (Å²) in [6.45, 7) is -0.971. The normalized spacial score (nSPS) is 13.5. The van der Waals surface area contributed by atoms with Crippen molar-refractivity contribution in [1.29, 1.82) is 0 Å². The van der Waals surface area contributed by atoms with Gasteiger partial charge in [-0.25, -0.2) is 17.8 Å². The highest BCUT2D eigenvalue weighted by molar-refractivity contribution is 7.93. The van der Waals surface area contributed by atoms with E-state index in [2.05, 4.69) is 14.1 Å². The molecule has 2 heterocycles. The lowest BCUT2D eigenvalue weighted by molar-refractivity contribution is -0.120. The van der Waals surface area contributed by atoms with Crippen LogP contribution >= 0.6 is 11.5 Å². The third-order valence-corrected chi connectivity index (χ3v) is 6.35. The van der Waals surface area contributed by atoms with Gasteiger partial charge in [0.2, 0.25) is 5.13 Å². The van der Waals surface area contributed by atoms with Crippen LogP contribution < -0.4 is 19.1 Å². The number of anilines is 3. The molecule has 12 heteroatoms. The number of aromatic nitrogens is 2. The third kappa shape index (κ3) is 3.66. The summed E-state index contributed by atoms with van der Waals surface area (Å²) in [4.78, 5) is 17.7. The molecule has 1 amide bonds. The molecule has 0 saturated heterocycles. The number of halogens is 1. The van der Waals surface area contributed by atoms with Gasteiger partial charge < -0.3 is 9.47 Å². The van der Waals surface area contributed by atoms with Crippen molar-refractivity contribution in [2.75, 3.05) is 23.3 Å². The van der Waals surface area contributed by atoms with Crippen LogP contribution in [0.5, 0.6) is 11.5 Å². The molecule has 1 aliphatic heterocycles. The average molecular weight is 450 g/mol. The van der Waals surface area contributed by atoms with Crippen LogP contribution in [0.15, 0.2) is 47.6 Å². The van der Waals surface area contributed by atoms with E-state index in [1.807, 2.05) is 0 Å². The lowest BCUT2D eigenvalue weighted by atomic mass is 10.1. The monoisotopic (exact) mass is 450 g/mol. The number of carbonyl (C=O) groups is 1. The van der Waals surface area contributed by atoms with Crippen LogP contribution in [0.2, 0.25) is 0 Å². The van der Waals surface area contributed by atoms with E-state index in [1.165, 1.54) is 42.6 Å². The summed E-state index contributed by atoms with van der Waals surface area (Å²) in [6.07, 6.45) is 1.24. The first-order chi connectivity index (χ1) is 14.4. The summed E-state index contributed by atoms with van der Waals surface area (Å²) in [6, 6.07) is 8.75. The Morgan fingerprint density at radius 2 is 2.07 bits per heavy atom. The first-order valence-corrected chi connectivity index (χ1v) is 10.8. The van der Waals surface area contributed by atoms with E-state index in [1.54, 1.807) is 12.1 Å². The number of alkyl halides is 1. The zero-order chi connectivity index (χ0) is 21.3. The molecule has 0 atom stereocenters. The molecule has 0 saturated carbocycles. The molecule has 156 valence electrons. The standard InChI is InChI=1S/C18H15FN4O5S2/c1-27-15-6-11(8-19)2-4-13(15)23-14-5-3-12(7-16(14)28-9-17(23)24)30(25,26)22-18-20-10-21-29-18/h2-7,10H,8-9H2,1H3,(H,20,21,22). The lowest BCUT2D eigenvalue weighted by Gasteiger charge is -2.30. The van der Waals surface area contributed by atoms with Crippen molar-refractivity contribution in [3.63, 3.8) is 0 Å². The number of ether oxygens (including phenoxy) is 2. The molecule has 3 aromatic rings. The maximum Gasteiger partial charge on any atom is 0.269 e. The second-order valence-corrected chi connectivity index (χ2v) is 8.60. The topological polar surface area (TPSA) is 111 Å². The van der Waals surface area contributed by atoms with E-state index in [9.17, 15) is 17.6 Å². The van der Waals surface area contributed by atoms with Crippen molar-refractivity contribution in [1.82, 2.24) is 9.36 Å². The number of carbonyl (C=O) groups excluding carboxylic acids is 1. The van der Waals surface area contributed by atoms with Crippen LogP contribution in [-0.2, 0) is 21.5 Å². The Morgan fingerprint density at radius 1 is 1.27 bits per heavy atom. The number of sulfonamides is 1. The number of amides is 1. The fourth-order valence-corrected chi connectivity index (χ4v) is 4.62. The molecule has 1 N–H and O–H groups in total. The zero-order valence-electron chi connectivity index (χ0n) is 15.5. The van der Waals surface area contributed by atoms with Gasteiger partial charge >= 0.3 is 0 Å². The summed E-state index contributed by atoms with van der Waals surface area (Å²) < 4.78 is 55.1. The summed E-state index contributed by atoms with van der Waals surface area (Å²) >= 11 is 0.902. The van der Waals surface area contributed by atoms with E-state index in [0.717, 1.165) is 11.5 Å². The quantitative estimate of drug-likeness (QED) is 0.615. The van der Waals surface area contributed by atoms with Crippen LogP contribution in [0.1, 0.15) is 5.56 Å². The van der Waals surface area contributed by atoms with Gasteiger partial charge in [-0.2, -0.15) is 4.37 Å². The van der Waals surface area contributed by atoms with Crippen LogP contribution in [0.4, 0.5) is 20.9 Å². The number of methoxy groups -OCH3 is 1. The summed E-state index contributed by atoms with van der Waals surface area (Å²) in [5, 5.41) is 0.128. The molecule has 2 aromatic carbocycles. The second kappa shape index (κ2) is 7.88. The Morgan fingerprint density at radius 3 is 2.77 bits per heavy atom. The zero-order valence-corrected chi connectivity index (χ0v) is 17.2. The fraction of sp³-hybridized carbons (Fsp3) is 0.167. The lowest BCUT2D eigenvalue weighted by Crippen LogP contribution is -2.35. The van der Waals surface area contributed by atoms with Gasteiger partial charge in [0.15, 0.2) is 6.61 Å². The van der Waals surface area contributed by atoms with Gasteiger partial charge in [-0.3, -0.25) is 14.4 Å². The molecule has 4 rings (SSSR count). The minimum absolute atomic E-state index is 0.0644. The predicted octanol–water partition coefficient (Wildman–Crippen LogP) is 2.87. The first-order valence-electron chi connectivity index (χ1n) is 8.55. The molecular formula is C18H15FN4O5S2. The number of hydrogen-bond acceptors (Lipinski definition) is 8. The minimum atomic E-state index is -3.93. The number of hydrogen-bond donors (Lipinski definition) is 1. The Hall–Kier alpha value is -3.25. The Kier molecular flexibility index (Phi) is 5.26. The van der Waals surface area contributed by atoms with Gasteiger partial charge in [0.1, 0.15) is 24.5 Å². The summed E-state index contributed by atoms with van der Waals surface area (Å²) in [5.41, 5.74) is 1.14. The van der Waals surface area contributed by atoms with Crippen LogP contribution in [-0.4, -0.2) is 37.4 Å². The molecule has 1 aliphatic rings. The number of nitrogens with one attached hydrogen (secondary N) is 1. The molecule has 0 fully saturated rings. The van der Waals surface area contributed by atoms with Gasteiger partial charge in [0.05, 0.1) is 23.4 Å². The molecular weight excluding hydrogens is 435 g/mol. The maximum absolute atomic E-state index is 13.0. The van der Waals surface area contributed by atoms with Crippen molar-refractivity contribution >= 4 is 44.0 Å². The Balaban J connectivity index is 1.74. The van der Waals surface area contributed by atoms with E-state index >= 15 is 0 Å². The number of nitrogens with zero attached hydrogens (tertiary/aromatic N) is 3. The van der Waals surface area contributed by atoms with Crippen LogP contribution in [0, 0.1) is 0 Å². The highest BCUT2D eigenvalue weighted by atomic mass is 32.2. The van der Waals surface area contributed by atoms with E-state index in [-0.39, 0.29) is 28.3 Å². The predicted molar refractivity (Wildman–Crippen MR) is 108 cm³/mol. The van der Waals surface area contributed by atoms with Crippen molar-refractivity contribution in [2.45, 2.75) is 11.6 Å². The van der Waals surface area contributed by atoms with Crippen molar-refractivity contribution < 1.29 is 27.1 Å². The van der Waals surface area contributed by atoms with Gasteiger partial charge in [0, 0.05) is 17.6 Å². The molecule has 1 aromatic heterocycles. The van der Waals surface area contributed by atoms with E-state index in [0.29, 0.717) is 22.7 Å². The maximum atomic E-state index is 13.0. The summed E-state index contributed by atoms with van der Waals surface area (Å²) in [5.74, 6) is 0.128. The number of fused-ring (bicyclic) bond motifs is 1. The number of rotatable bonds is 6. The Labute approximate surface area is 175 Å². The molecule has 0 radical (unpaired) electrons. The largest absolute Gasteiger partial charge is 0.495 e. The van der Waals surface area contributed by atoms with Gasteiger partial charge in [-0.05, 0) is 29.8 Å². The minimum Gasteiger partial charge on any atom is -0.495 e. The smallest absolute Gasteiger partial charge is 0.269 e. The van der Waals surface area contributed by atoms with Crippen LogP contribution in [0.3, 0.4) is 0 Å². The highest BCUT2D eigenvalue weighted by Crippen LogP contribution is 2.42. The van der Waals surface area contributed by atoms with Gasteiger partial charge in [0.25, 0.3) is 15.9 Å². The fourth-order valence-electron chi connectivity index (χ4n) is 2.95. The summed E-state index contributed by atoms with van der Waals surface area (Å²) in [7, 11) is -2.51. The Bertz CT molecular complexity index is 1200. The van der Waals surface area contributed by atoms with E-state index < -0.39 is 16.7 Å². The SMILES string of the molecule is COc1cc(CF)ccc1N1C(=O)COc2cc(S(=O)(=O)Nc3ncns3)ccc21. The average Bonchev–Trinajstić information content (AvgIpc) is 3.25. The molecule has 0 unspecified atom stereocenters. The number of benzene rings is 2. The second-order valence-electron chi connectivity index (χ2n) is 6.14. The molecule has 0 spiro atoms. The molecule has 0 aliphatic carbocycles. The molecule has 9 nitrogen and oxygen atoms in total. The first kappa shape index (κ1) is 20.0. The van der Waals surface area contributed by atoms with Crippen molar-refractivity contribution in [2.24, 2.45) is 0 Å². The van der Waals surface area contributed by atoms with E-state index in [4.69, 9.17) is 9.47 Å². The molecule has 0 bridgehead atoms. The third-order valence-electron chi connectivity index (χ3n) is 4.31. The van der Waals surface area contributed by atoms with Crippen molar-refractivity contribution in [3.05, 3.63) is 48.3 Å². The van der Waals surface area contributed by atoms with Gasteiger partial charge in [-0.1, -0.05) is 6.07 Å². The van der Waals surface area contributed by atoms with Crippen LogP contribution in [0.25, 0.3) is 0 Å². The molecule has 30 heavy (non-hydrogen) atoms. The van der Waals surface area contributed by atoms with Crippen molar-refractivity contribution in [3.8, 4) is 11.5 Å². The van der Waals surface area contributed by atoms with Gasteiger partial charge in [-0.15, -0.1) is 0 Å².